The van der Waals surface area contributed by atoms with Gasteiger partial charge in [0, 0.05) is 24.1 Å². The molecule has 0 atom stereocenters. The van der Waals surface area contributed by atoms with E-state index >= 15 is 0 Å². The van der Waals surface area contributed by atoms with Gasteiger partial charge in [-0.05, 0) is 42.0 Å². The summed E-state index contributed by atoms with van der Waals surface area (Å²) in [6, 6.07) is 16.2. The molecule has 2 aromatic rings. The van der Waals surface area contributed by atoms with Gasteiger partial charge in [0.25, 0.3) is 0 Å². The van der Waals surface area contributed by atoms with Crippen molar-refractivity contribution in [2.45, 2.75) is 31.7 Å². The maximum absolute atomic E-state index is 12.5. The molecule has 0 radical (unpaired) electrons. The number of nitrogens with one attached hydrogen (secondary N) is 1. The minimum Gasteiger partial charge on any atom is -0.480 e. The van der Waals surface area contributed by atoms with Gasteiger partial charge in [0.1, 0.15) is 13.2 Å². The van der Waals surface area contributed by atoms with Crippen molar-refractivity contribution >= 4 is 18.0 Å². The van der Waals surface area contributed by atoms with Crippen LogP contribution in [0.5, 0.6) is 0 Å². The van der Waals surface area contributed by atoms with Gasteiger partial charge in [-0.1, -0.05) is 54.6 Å². The zero-order chi connectivity index (χ0) is 22.7. The first-order chi connectivity index (χ1) is 15.5. The summed E-state index contributed by atoms with van der Waals surface area (Å²) in [6.45, 7) is 1.66. The highest BCUT2D eigenvalue weighted by Gasteiger charge is 2.34. The van der Waals surface area contributed by atoms with Crippen molar-refractivity contribution in [3.63, 3.8) is 0 Å². The second-order valence-electron chi connectivity index (χ2n) is 8.15. The summed E-state index contributed by atoms with van der Waals surface area (Å²) in [7, 11) is 0. The number of aliphatic carboxylic acids is 1. The standard InChI is InChI=1S/C25H26N2O5/c1-16(24(30)27(14-23(28)29)17-10-11-17)12-13-26-25(31)32-15-22-20-8-4-2-6-18(20)19-7-3-5-9-21(19)22/h2-9,12,17,22H,10-11,13-15H2,1H3,(H,26,31)(H,28,29)/b16-12+. The Kier molecular flexibility index (Phi) is 6.25. The molecule has 0 bridgehead atoms. The van der Waals surface area contributed by atoms with Gasteiger partial charge in [0.15, 0.2) is 0 Å². The van der Waals surface area contributed by atoms with Crippen LogP contribution >= 0.6 is 0 Å². The Hall–Kier alpha value is -3.61. The molecule has 0 aliphatic heterocycles. The van der Waals surface area contributed by atoms with Crippen LogP contribution in [-0.4, -0.2) is 53.7 Å². The highest BCUT2D eigenvalue weighted by molar-refractivity contribution is 5.95. The Morgan fingerprint density at radius 1 is 1.06 bits per heavy atom. The topological polar surface area (TPSA) is 95.9 Å². The maximum atomic E-state index is 12.5. The minimum absolute atomic E-state index is 0.00274. The molecule has 4 rings (SSSR count). The SMILES string of the molecule is C/C(=C\CNC(=O)OCC1c2ccccc2-c2ccccc21)C(=O)N(CC(=O)O)C1CC1. The van der Waals surface area contributed by atoms with Crippen molar-refractivity contribution in [2.75, 3.05) is 19.7 Å². The van der Waals surface area contributed by atoms with E-state index in [1.165, 1.54) is 4.90 Å². The third kappa shape index (κ3) is 4.66. The molecule has 0 saturated heterocycles. The molecule has 7 nitrogen and oxygen atoms in total. The van der Waals surface area contributed by atoms with Gasteiger partial charge in [0.2, 0.25) is 5.91 Å². The Balaban J connectivity index is 1.31. The third-order valence-corrected chi connectivity index (χ3v) is 5.89. The highest BCUT2D eigenvalue weighted by Crippen LogP contribution is 2.44. The van der Waals surface area contributed by atoms with Crippen molar-refractivity contribution in [2.24, 2.45) is 0 Å². The summed E-state index contributed by atoms with van der Waals surface area (Å²) in [5, 5.41) is 11.7. The molecule has 1 saturated carbocycles. The summed E-state index contributed by atoms with van der Waals surface area (Å²) in [5.41, 5.74) is 5.01. The number of ether oxygens (including phenoxy) is 1. The largest absolute Gasteiger partial charge is 0.480 e. The summed E-state index contributed by atoms with van der Waals surface area (Å²) in [6.07, 6.45) is 2.67. The second-order valence-corrected chi connectivity index (χ2v) is 8.15. The molecule has 166 valence electrons. The van der Waals surface area contributed by atoms with E-state index in [-0.39, 0.29) is 37.6 Å². The lowest BCUT2D eigenvalue weighted by Gasteiger charge is -2.20. The van der Waals surface area contributed by atoms with Crippen LogP contribution in [-0.2, 0) is 14.3 Å². The first kappa shape index (κ1) is 21.6. The molecule has 0 aromatic heterocycles. The van der Waals surface area contributed by atoms with Crippen molar-refractivity contribution in [1.82, 2.24) is 10.2 Å². The summed E-state index contributed by atoms with van der Waals surface area (Å²) in [5.74, 6) is -1.37. The number of hydrogen-bond acceptors (Lipinski definition) is 4. The quantitative estimate of drug-likeness (QED) is 0.620. The van der Waals surface area contributed by atoms with E-state index in [9.17, 15) is 14.4 Å². The van der Waals surface area contributed by atoms with Gasteiger partial charge in [-0.25, -0.2) is 4.79 Å². The number of alkyl carbamates (subject to hydrolysis) is 1. The number of nitrogens with zero attached hydrogens (tertiary/aromatic N) is 1. The van der Waals surface area contributed by atoms with Crippen LogP contribution in [0.4, 0.5) is 4.79 Å². The van der Waals surface area contributed by atoms with E-state index < -0.39 is 12.1 Å². The Morgan fingerprint density at radius 2 is 1.66 bits per heavy atom. The summed E-state index contributed by atoms with van der Waals surface area (Å²) in [4.78, 5) is 37.2. The van der Waals surface area contributed by atoms with E-state index in [0.717, 1.165) is 35.1 Å². The first-order valence-corrected chi connectivity index (χ1v) is 10.7. The zero-order valence-corrected chi connectivity index (χ0v) is 17.9. The second kappa shape index (κ2) is 9.26. The maximum Gasteiger partial charge on any atom is 0.407 e. The molecule has 1 fully saturated rings. The zero-order valence-electron chi connectivity index (χ0n) is 17.9. The number of carbonyl (C=O) groups is 3. The van der Waals surface area contributed by atoms with Gasteiger partial charge in [-0.15, -0.1) is 0 Å². The molecule has 2 aliphatic rings. The molecule has 2 aliphatic carbocycles. The van der Waals surface area contributed by atoms with E-state index in [4.69, 9.17) is 9.84 Å². The van der Waals surface area contributed by atoms with Gasteiger partial charge >= 0.3 is 12.1 Å². The number of carboxylic acids is 1. The van der Waals surface area contributed by atoms with Crippen molar-refractivity contribution in [1.29, 1.82) is 0 Å². The average molecular weight is 434 g/mol. The van der Waals surface area contributed by atoms with Crippen LogP contribution in [0.1, 0.15) is 36.8 Å². The molecule has 0 unspecified atom stereocenters. The number of benzene rings is 2. The molecular weight excluding hydrogens is 408 g/mol. The lowest BCUT2D eigenvalue weighted by atomic mass is 9.98. The number of amides is 2. The molecule has 7 heteroatoms. The molecule has 2 N–H and O–H groups in total. The first-order valence-electron chi connectivity index (χ1n) is 10.7. The van der Waals surface area contributed by atoms with Crippen LogP contribution in [0.25, 0.3) is 11.1 Å². The van der Waals surface area contributed by atoms with Crippen molar-refractivity contribution in [3.05, 3.63) is 71.3 Å². The van der Waals surface area contributed by atoms with E-state index in [2.05, 4.69) is 29.6 Å². The molecule has 2 aromatic carbocycles. The fourth-order valence-electron chi connectivity index (χ4n) is 4.15. The van der Waals surface area contributed by atoms with Crippen LogP contribution in [0.2, 0.25) is 0 Å². The van der Waals surface area contributed by atoms with E-state index in [1.807, 2.05) is 24.3 Å². The summed E-state index contributed by atoms with van der Waals surface area (Å²) < 4.78 is 5.48. The van der Waals surface area contributed by atoms with Gasteiger partial charge in [-0.2, -0.15) is 0 Å². The van der Waals surface area contributed by atoms with E-state index in [1.54, 1.807) is 13.0 Å². The predicted molar refractivity (Wildman–Crippen MR) is 119 cm³/mol. The van der Waals surface area contributed by atoms with Crippen LogP contribution in [0, 0.1) is 0 Å². The monoisotopic (exact) mass is 434 g/mol. The normalized spacial score (nSPS) is 15.0. The van der Waals surface area contributed by atoms with Crippen LogP contribution in [0.3, 0.4) is 0 Å². The Morgan fingerprint density at radius 3 is 2.22 bits per heavy atom. The fraction of sp³-hybridized carbons (Fsp3) is 0.320. The third-order valence-electron chi connectivity index (χ3n) is 5.89. The highest BCUT2D eigenvalue weighted by atomic mass is 16.5. The lowest BCUT2D eigenvalue weighted by Crippen LogP contribution is -2.38. The van der Waals surface area contributed by atoms with Gasteiger partial charge < -0.3 is 20.1 Å². The lowest BCUT2D eigenvalue weighted by molar-refractivity contribution is -0.143. The summed E-state index contributed by atoms with van der Waals surface area (Å²) >= 11 is 0. The van der Waals surface area contributed by atoms with Crippen molar-refractivity contribution in [3.8, 4) is 11.1 Å². The Bertz CT molecular complexity index is 1030. The minimum atomic E-state index is -1.03. The predicted octanol–water partition coefficient (Wildman–Crippen LogP) is 3.55. The molecule has 0 heterocycles. The number of rotatable bonds is 8. The van der Waals surface area contributed by atoms with Crippen LogP contribution in [0.15, 0.2) is 60.2 Å². The fourth-order valence-corrected chi connectivity index (χ4v) is 4.15. The molecular formula is C25H26N2O5. The molecule has 32 heavy (non-hydrogen) atoms. The number of carboxylic acid groups (broad SMARTS) is 1. The van der Waals surface area contributed by atoms with Gasteiger partial charge in [-0.3, -0.25) is 9.59 Å². The number of fused-ring (bicyclic) bond motifs is 3. The van der Waals surface area contributed by atoms with Gasteiger partial charge in [0.05, 0.1) is 0 Å². The Labute approximate surface area is 186 Å². The smallest absolute Gasteiger partial charge is 0.407 e. The number of hydrogen-bond donors (Lipinski definition) is 2. The van der Waals surface area contributed by atoms with E-state index in [0.29, 0.717) is 5.57 Å². The average Bonchev–Trinajstić information content (AvgIpc) is 3.58. The number of carbonyl (C=O) groups excluding carboxylic acids is 2. The van der Waals surface area contributed by atoms with Crippen LogP contribution < -0.4 is 5.32 Å². The molecule has 2 amide bonds. The molecule has 0 spiro atoms. The van der Waals surface area contributed by atoms with Crippen molar-refractivity contribution < 1.29 is 24.2 Å².